The predicted molar refractivity (Wildman–Crippen MR) is 72.3 cm³/mol. The quantitative estimate of drug-likeness (QED) is 0.771. The molecule has 0 saturated carbocycles. The summed E-state index contributed by atoms with van der Waals surface area (Å²) in [5, 5.41) is 0. The average molecular weight is 254 g/mol. The van der Waals surface area contributed by atoms with Crippen molar-refractivity contribution in [3.63, 3.8) is 0 Å². The van der Waals surface area contributed by atoms with Crippen LogP contribution in [0, 0.1) is 5.82 Å². The zero-order valence-electron chi connectivity index (χ0n) is 10.0. The molecule has 94 valence electrons. The van der Waals surface area contributed by atoms with E-state index < -0.39 is 6.04 Å². The van der Waals surface area contributed by atoms with E-state index in [-0.39, 0.29) is 5.82 Å². The van der Waals surface area contributed by atoms with Crippen LogP contribution in [0.1, 0.15) is 11.6 Å². The normalized spacial score (nSPS) is 17.1. The maximum absolute atomic E-state index is 13.8. The van der Waals surface area contributed by atoms with Crippen LogP contribution in [-0.2, 0) is 4.79 Å². The second-order valence-corrected chi connectivity index (χ2v) is 4.24. The lowest BCUT2D eigenvalue weighted by Gasteiger charge is -2.30. The monoisotopic (exact) mass is 254 g/mol. The number of hydrogen-bond donors (Lipinski definition) is 0. The fraction of sp³-hybridized carbons (Fsp3) is 0.0667. The maximum Gasteiger partial charge on any atom is 0.147 e. The first-order valence-electron chi connectivity index (χ1n) is 5.92. The lowest BCUT2D eigenvalue weighted by Crippen LogP contribution is -2.31. The Morgan fingerprint density at radius 3 is 2.63 bits per heavy atom. The highest BCUT2D eigenvalue weighted by molar-refractivity contribution is 5.92. The molecule has 3 rings (SSSR count). The first-order chi connectivity index (χ1) is 9.31. The van der Waals surface area contributed by atoms with Crippen LogP contribution >= 0.6 is 0 Å². The third kappa shape index (κ3) is 1.91. The summed E-state index contributed by atoms with van der Waals surface area (Å²) in [6, 6.07) is 13.2. The van der Waals surface area contributed by atoms with Gasteiger partial charge in [-0.3, -0.25) is 0 Å². The summed E-state index contributed by atoms with van der Waals surface area (Å²) < 4.78 is 13.8. The molecule has 0 bridgehead atoms. The molecular weight excluding hydrogens is 243 g/mol. The minimum Gasteiger partial charge on any atom is -0.315 e. The van der Waals surface area contributed by atoms with Crippen molar-refractivity contribution in [2.24, 2.45) is 4.99 Å². The molecule has 3 nitrogen and oxygen atoms in total. The summed E-state index contributed by atoms with van der Waals surface area (Å²) in [4.78, 5) is 17.2. The van der Waals surface area contributed by atoms with Crippen molar-refractivity contribution in [1.82, 2.24) is 0 Å². The van der Waals surface area contributed by atoms with Crippen LogP contribution in [-0.4, -0.2) is 12.6 Å². The SMILES string of the molecule is O=CC1c2ccccc2N=CN1c1ccccc1F. The second kappa shape index (κ2) is 4.65. The summed E-state index contributed by atoms with van der Waals surface area (Å²) in [7, 11) is 0. The molecule has 1 heterocycles. The standard InChI is InChI=1S/C15H11FN2O/c16-12-6-2-4-8-14(12)18-10-17-13-7-3-1-5-11(13)15(18)9-19/h1-10,15H. The molecule has 4 heteroatoms. The molecule has 2 aromatic rings. The molecule has 0 saturated heterocycles. The van der Waals surface area contributed by atoms with Crippen LogP contribution in [0.5, 0.6) is 0 Å². The van der Waals surface area contributed by atoms with Gasteiger partial charge in [-0.2, -0.15) is 0 Å². The van der Waals surface area contributed by atoms with E-state index in [1.54, 1.807) is 23.1 Å². The molecule has 0 aromatic heterocycles. The van der Waals surface area contributed by atoms with Crippen molar-refractivity contribution >= 4 is 24.0 Å². The number of aldehydes is 1. The number of carbonyl (C=O) groups is 1. The third-order valence-electron chi connectivity index (χ3n) is 3.14. The second-order valence-electron chi connectivity index (χ2n) is 4.24. The van der Waals surface area contributed by atoms with Gasteiger partial charge in [0.15, 0.2) is 0 Å². The number of halogens is 1. The number of fused-ring (bicyclic) bond motifs is 1. The summed E-state index contributed by atoms with van der Waals surface area (Å²) in [6.45, 7) is 0. The Hall–Kier alpha value is -2.49. The van der Waals surface area contributed by atoms with E-state index in [2.05, 4.69) is 4.99 Å². The summed E-state index contributed by atoms with van der Waals surface area (Å²) >= 11 is 0. The summed E-state index contributed by atoms with van der Waals surface area (Å²) in [6.07, 6.45) is 2.30. The number of rotatable bonds is 2. The third-order valence-corrected chi connectivity index (χ3v) is 3.14. The van der Waals surface area contributed by atoms with Gasteiger partial charge in [0.1, 0.15) is 18.1 Å². The van der Waals surface area contributed by atoms with Gasteiger partial charge in [0, 0.05) is 5.56 Å². The van der Waals surface area contributed by atoms with Gasteiger partial charge in [-0.1, -0.05) is 30.3 Å². The molecular formula is C15H11FN2O. The number of para-hydroxylation sites is 2. The zero-order chi connectivity index (χ0) is 13.2. The van der Waals surface area contributed by atoms with E-state index in [4.69, 9.17) is 0 Å². The highest BCUT2D eigenvalue weighted by Crippen LogP contribution is 2.35. The van der Waals surface area contributed by atoms with Gasteiger partial charge in [0.2, 0.25) is 0 Å². The number of hydrogen-bond acceptors (Lipinski definition) is 3. The van der Waals surface area contributed by atoms with Gasteiger partial charge in [-0.05, 0) is 18.2 Å². The van der Waals surface area contributed by atoms with Crippen LogP contribution in [0.3, 0.4) is 0 Å². The Balaban J connectivity index is 2.11. The Morgan fingerprint density at radius 1 is 1.11 bits per heavy atom. The molecule has 1 atom stereocenters. The molecule has 0 aliphatic carbocycles. The van der Waals surface area contributed by atoms with E-state index in [0.29, 0.717) is 5.69 Å². The van der Waals surface area contributed by atoms with Crippen LogP contribution in [0.2, 0.25) is 0 Å². The van der Waals surface area contributed by atoms with Crippen molar-refractivity contribution in [3.8, 4) is 0 Å². The molecule has 1 unspecified atom stereocenters. The first-order valence-corrected chi connectivity index (χ1v) is 5.92. The zero-order valence-corrected chi connectivity index (χ0v) is 10.0. The number of carbonyl (C=O) groups excluding carboxylic acids is 1. The van der Waals surface area contributed by atoms with Gasteiger partial charge in [-0.15, -0.1) is 0 Å². The van der Waals surface area contributed by atoms with Crippen molar-refractivity contribution in [1.29, 1.82) is 0 Å². The van der Waals surface area contributed by atoms with E-state index in [0.717, 1.165) is 17.5 Å². The van der Waals surface area contributed by atoms with Crippen molar-refractivity contribution < 1.29 is 9.18 Å². The number of benzene rings is 2. The Labute approximate surface area is 110 Å². The lowest BCUT2D eigenvalue weighted by atomic mass is 10.0. The minimum atomic E-state index is -0.550. The fourth-order valence-electron chi connectivity index (χ4n) is 2.21. The van der Waals surface area contributed by atoms with Crippen LogP contribution in [0.15, 0.2) is 53.5 Å². The van der Waals surface area contributed by atoms with E-state index in [1.165, 1.54) is 12.4 Å². The predicted octanol–water partition coefficient (Wildman–Crippen LogP) is 3.25. The average Bonchev–Trinajstić information content (AvgIpc) is 2.46. The molecule has 0 amide bonds. The van der Waals surface area contributed by atoms with E-state index in [1.807, 2.05) is 24.3 Å². The first kappa shape index (κ1) is 11.6. The highest BCUT2D eigenvalue weighted by Gasteiger charge is 2.26. The fourth-order valence-corrected chi connectivity index (χ4v) is 2.21. The molecule has 2 aromatic carbocycles. The highest BCUT2D eigenvalue weighted by atomic mass is 19.1. The van der Waals surface area contributed by atoms with Crippen molar-refractivity contribution in [2.45, 2.75) is 6.04 Å². The molecule has 1 aliphatic rings. The Morgan fingerprint density at radius 2 is 1.84 bits per heavy atom. The Kier molecular flexibility index (Phi) is 2.83. The van der Waals surface area contributed by atoms with Gasteiger partial charge in [0.25, 0.3) is 0 Å². The molecule has 0 radical (unpaired) electrons. The maximum atomic E-state index is 13.8. The van der Waals surface area contributed by atoms with Gasteiger partial charge < -0.3 is 9.69 Å². The van der Waals surface area contributed by atoms with Crippen LogP contribution in [0.4, 0.5) is 15.8 Å². The lowest BCUT2D eigenvalue weighted by molar-refractivity contribution is -0.108. The van der Waals surface area contributed by atoms with E-state index in [9.17, 15) is 9.18 Å². The van der Waals surface area contributed by atoms with Crippen molar-refractivity contribution in [2.75, 3.05) is 4.90 Å². The van der Waals surface area contributed by atoms with Crippen molar-refractivity contribution in [3.05, 3.63) is 59.9 Å². The number of aliphatic imine (C=N–C) groups is 1. The van der Waals surface area contributed by atoms with Gasteiger partial charge >= 0.3 is 0 Å². The Bertz CT molecular complexity index is 654. The number of nitrogens with zero attached hydrogens (tertiary/aromatic N) is 2. The molecule has 0 N–H and O–H groups in total. The molecule has 0 spiro atoms. The van der Waals surface area contributed by atoms with Gasteiger partial charge in [0.05, 0.1) is 17.7 Å². The molecule has 19 heavy (non-hydrogen) atoms. The van der Waals surface area contributed by atoms with Crippen LogP contribution in [0.25, 0.3) is 0 Å². The smallest absolute Gasteiger partial charge is 0.147 e. The summed E-state index contributed by atoms with van der Waals surface area (Å²) in [5.41, 5.74) is 1.87. The topological polar surface area (TPSA) is 32.7 Å². The van der Waals surface area contributed by atoms with Crippen LogP contribution < -0.4 is 4.90 Å². The number of anilines is 1. The van der Waals surface area contributed by atoms with E-state index >= 15 is 0 Å². The summed E-state index contributed by atoms with van der Waals surface area (Å²) in [5.74, 6) is -0.375. The molecule has 1 aliphatic heterocycles. The largest absolute Gasteiger partial charge is 0.315 e. The molecule has 0 fully saturated rings. The van der Waals surface area contributed by atoms with Gasteiger partial charge in [-0.25, -0.2) is 9.38 Å². The minimum absolute atomic E-state index is 0.345.